The fourth-order valence-corrected chi connectivity index (χ4v) is 2.06. The Bertz CT molecular complexity index is 631. The zero-order chi connectivity index (χ0) is 13.1. The van der Waals surface area contributed by atoms with E-state index in [-0.39, 0.29) is 6.54 Å². The summed E-state index contributed by atoms with van der Waals surface area (Å²) in [6.07, 6.45) is 0.943. The number of anilines is 1. The molecule has 5 heteroatoms. The van der Waals surface area contributed by atoms with Crippen LogP contribution in [-0.2, 0) is 6.42 Å². The summed E-state index contributed by atoms with van der Waals surface area (Å²) in [7, 11) is 0. The van der Waals surface area contributed by atoms with Gasteiger partial charge in [-0.2, -0.15) is 5.26 Å². The second-order valence-corrected chi connectivity index (χ2v) is 4.24. The molecule has 0 amide bonds. The van der Waals surface area contributed by atoms with Crippen molar-refractivity contribution in [2.75, 3.05) is 18.5 Å². The normalized spacial score (nSPS) is 12.4. The van der Waals surface area contributed by atoms with Crippen LogP contribution in [0.25, 0.3) is 11.3 Å². The van der Waals surface area contributed by atoms with Gasteiger partial charge < -0.3 is 10.1 Å². The number of nitrogens with one attached hydrogen (secondary N) is 1. The number of aromatic nitrogens is 2. The van der Waals surface area contributed by atoms with Gasteiger partial charge >= 0.3 is 0 Å². The van der Waals surface area contributed by atoms with Crippen LogP contribution in [-0.4, -0.2) is 23.3 Å². The Morgan fingerprint density at radius 2 is 2.21 bits per heavy atom. The molecule has 2 heterocycles. The van der Waals surface area contributed by atoms with E-state index in [2.05, 4.69) is 21.6 Å². The van der Waals surface area contributed by atoms with Crippen LogP contribution in [0.2, 0.25) is 0 Å². The lowest BCUT2D eigenvalue weighted by Gasteiger charge is -2.04. The molecule has 1 N–H and O–H groups in total. The summed E-state index contributed by atoms with van der Waals surface area (Å²) in [6.45, 7) is 0.978. The van der Waals surface area contributed by atoms with Gasteiger partial charge in [-0.3, -0.25) is 0 Å². The van der Waals surface area contributed by atoms with E-state index in [0.717, 1.165) is 30.0 Å². The molecule has 5 nitrogen and oxygen atoms in total. The smallest absolute Gasteiger partial charge is 0.149 e. The fraction of sp³-hybridized carbons (Fsp3) is 0.214. The molecule has 0 unspecified atom stereocenters. The third kappa shape index (κ3) is 2.33. The highest BCUT2D eigenvalue weighted by Gasteiger charge is 2.13. The molecule has 19 heavy (non-hydrogen) atoms. The summed E-state index contributed by atoms with van der Waals surface area (Å²) in [4.78, 5) is 0. The third-order valence-corrected chi connectivity index (χ3v) is 3.00. The van der Waals surface area contributed by atoms with Crippen molar-refractivity contribution >= 4 is 5.82 Å². The summed E-state index contributed by atoms with van der Waals surface area (Å²) < 4.78 is 5.48. The van der Waals surface area contributed by atoms with Crippen LogP contribution in [0.1, 0.15) is 5.56 Å². The van der Waals surface area contributed by atoms with Crippen LogP contribution < -0.4 is 10.1 Å². The molecular formula is C14H12N4O. The molecule has 3 rings (SSSR count). The topological polar surface area (TPSA) is 70.8 Å². The van der Waals surface area contributed by atoms with Gasteiger partial charge in [0.05, 0.1) is 18.4 Å². The lowest BCUT2D eigenvalue weighted by Crippen LogP contribution is -2.01. The van der Waals surface area contributed by atoms with E-state index >= 15 is 0 Å². The van der Waals surface area contributed by atoms with Crippen LogP contribution in [0.15, 0.2) is 30.3 Å². The summed E-state index contributed by atoms with van der Waals surface area (Å²) >= 11 is 0. The molecule has 0 bridgehead atoms. The van der Waals surface area contributed by atoms with Crippen molar-refractivity contribution in [1.29, 1.82) is 5.26 Å². The fourth-order valence-electron chi connectivity index (χ4n) is 2.06. The molecule has 0 fully saturated rings. The highest BCUT2D eigenvalue weighted by atomic mass is 16.5. The lowest BCUT2D eigenvalue weighted by atomic mass is 10.1. The van der Waals surface area contributed by atoms with Gasteiger partial charge in [-0.25, -0.2) is 0 Å². The SMILES string of the molecule is N#CCNc1ccc(-c2ccc3c(c2)CCO3)nn1. The molecule has 1 aromatic carbocycles. The van der Waals surface area contributed by atoms with E-state index in [4.69, 9.17) is 10.00 Å². The number of benzene rings is 1. The van der Waals surface area contributed by atoms with Crippen molar-refractivity contribution in [2.24, 2.45) is 0 Å². The first-order chi connectivity index (χ1) is 9.36. The maximum atomic E-state index is 8.48. The Morgan fingerprint density at radius 1 is 1.26 bits per heavy atom. The number of fused-ring (bicyclic) bond motifs is 1. The number of hydrogen-bond acceptors (Lipinski definition) is 5. The first kappa shape index (κ1) is 11.5. The lowest BCUT2D eigenvalue weighted by molar-refractivity contribution is 0.357. The first-order valence-corrected chi connectivity index (χ1v) is 6.07. The highest BCUT2D eigenvalue weighted by Crippen LogP contribution is 2.29. The van der Waals surface area contributed by atoms with Crippen molar-refractivity contribution in [3.63, 3.8) is 0 Å². The number of ether oxygens (including phenoxy) is 1. The van der Waals surface area contributed by atoms with Gasteiger partial charge in [0, 0.05) is 12.0 Å². The average molecular weight is 252 g/mol. The number of rotatable bonds is 3. The van der Waals surface area contributed by atoms with E-state index in [0.29, 0.717) is 5.82 Å². The Hall–Kier alpha value is -2.61. The monoisotopic (exact) mass is 252 g/mol. The maximum absolute atomic E-state index is 8.48. The van der Waals surface area contributed by atoms with Crippen LogP contribution >= 0.6 is 0 Å². The van der Waals surface area contributed by atoms with Gasteiger partial charge in [0.25, 0.3) is 0 Å². The average Bonchev–Trinajstić information content (AvgIpc) is 2.93. The minimum absolute atomic E-state index is 0.226. The summed E-state index contributed by atoms with van der Waals surface area (Å²) in [6, 6.07) is 11.8. The molecule has 2 aromatic rings. The Kier molecular flexibility index (Phi) is 2.99. The standard InChI is InChI=1S/C14H12N4O/c15-6-7-16-14-4-2-12(17-18-14)10-1-3-13-11(9-10)5-8-19-13/h1-4,9H,5,7-8H2,(H,16,18). The second kappa shape index (κ2) is 4.94. The zero-order valence-electron chi connectivity index (χ0n) is 10.3. The molecule has 1 aromatic heterocycles. The predicted molar refractivity (Wildman–Crippen MR) is 70.8 cm³/mol. The van der Waals surface area contributed by atoms with Crippen LogP contribution in [0.5, 0.6) is 5.75 Å². The van der Waals surface area contributed by atoms with Crippen LogP contribution in [0.3, 0.4) is 0 Å². The van der Waals surface area contributed by atoms with E-state index in [1.54, 1.807) is 0 Å². The molecule has 0 radical (unpaired) electrons. The van der Waals surface area contributed by atoms with Gasteiger partial charge in [0.15, 0.2) is 0 Å². The maximum Gasteiger partial charge on any atom is 0.149 e. The van der Waals surface area contributed by atoms with E-state index in [9.17, 15) is 0 Å². The molecule has 94 valence electrons. The molecule has 0 spiro atoms. The second-order valence-electron chi connectivity index (χ2n) is 4.24. The Balaban J connectivity index is 1.84. The summed E-state index contributed by atoms with van der Waals surface area (Å²) in [5.74, 6) is 1.57. The van der Waals surface area contributed by atoms with Crippen LogP contribution in [0.4, 0.5) is 5.82 Å². The summed E-state index contributed by atoms with van der Waals surface area (Å²) in [5, 5.41) is 19.5. The van der Waals surface area contributed by atoms with Gasteiger partial charge in [-0.1, -0.05) is 0 Å². The number of nitriles is 1. The van der Waals surface area contributed by atoms with Crippen molar-refractivity contribution < 1.29 is 4.74 Å². The highest BCUT2D eigenvalue weighted by molar-refractivity contribution is 5.63. The van der Waals surface area contributed by atoms with Gasteiger partial charge in [0.1, 0.15) is 18.1 Å². The van der Waals surface area contributed by atoms with Gasteiger partial charge in [0.2, 0.25) is 0 Å². The van der Waals surface area contributed by atoms with Crippen LogP contribution in [0, 0.1) is 11.3 Å². The Morgan fingerprint density at radius 3 is 3.00 bits per heavy atom. The van der Waals surface area contributed by atoms with Gasteiger partial charge in [-0.15, -0.1) is 10.2 Å². The van der Waals surface area contributed by atoms with Crippen molar-refractivity contribution in [3.8, 4) is 23.1 Å². The molecule has 0 atom stereocenters. The molecule has 0 saturated heterocycles. The predicted octanol–water partition coefficient (Wildman–Crippen LogP) is 2.01. The molecule has 1 aliphatic heterocycles. The van der Waals surface area contributed by atoms with Crippen molar-refractivity contribution in [3.05, 3.63) is 35.9 Å². The van der Waals surface area contributed by atoms with Crippen molar-refractivity contribution in [2.45, 2.75) is 6.42 Å². The van der Waals surface area contributed by atoms with E-state index in [1.165, 1.54) is 5.56 Å². The number of nitrogens with zero attached hydrogens (tertiary/aromatic N) is 3. The molecular weight excluding hydrogens is 240 g/mol. The Labute approximate surface area is 110 Å². The first-order valence-electron chi connectivity index (χ1n) is 6.07. The van der Waals surface area contributed by atoms with E-state index < -0.39 is 0 Å². The summed E-state index contributed by atoms with van der Waals surface area (Å²) in [5.41, 5.74) is 3.06. The zero-order valence-corrected chi connectivity index (χ0v) is 10.3. The quantitative estimate of drug-likeness (QED) is 0.846. The minimum Gasteiger partial charge on any atom is -0.493 e. The molecule has 1 aliphatic rings. The number of hydrogen-bond donors (Lipinski definition) is 1. The molecule has 0 aliphatic carbocycles. The molecule has 0 saturated carbocycles. The largest absolute Gasteiger partial charge is 0.493 e. The van der Waals surface area contributed by atoms with Crippen molar-refractivity contribution in [1.82, 2.24) is 10.2 Å². The third-order valence-electron chi connectivity index (χ3n) is 3.00. The minimum atomic E-state index is 0.226. The van der Waals surface area contributed by atoms with Gasteiger partial charge in [-0.05, 0) is 35.9 Å². The van der Waals surface area contributed by atoms with E-state index in [1.807, 2.05) is 30.3 Å².